The summed E-state index contributed by atoms with van der Waals surface area (Å²) in [5, 5.41) is 0. The van der Waals surface area contributed by atoms with E-state index in [1.165, 1.54) is 5.56 Å². The minimum absolute atomic E-state index is 0.0473. The highest BCUT2D eigenvalue weighted by Crippen LogP contribution is 2.22. The topological polar surface area (TPSA) is 47.4 Å². The fourth-order valence-corrected chi connectivity index (χ4v) is 3.32. The highest BCUT2D eigenvalue weighted by molar-refractivity contribution is 5.97. The average molecular weight is 349 g/mol. The second-order valence-electron chi connectivity index (χ2n) is 6.97. The third kappa shape index (κ3) is 3.10. The minimum atomic E-state index is 0.0473. The lowest BCUT2D eigenvalue weighted by Crippen LogP contribution is -2.40. The zero-order chi connectivity index (χ0) is 18.1. The van der Waals surface area contributed by atoms with Gasteiger partial charge < -0.3 is 9.64 Å². The molecular formula is C21H23N3O2. The van der Waals surface area contributed by atoms with E-state index in [-0.39, 0.29) is 5.91 Å². The van der Waals surface area contributed by atoms with Crippen LogP contribution in [0.1, 0.15) is 35.7 Å². The van der Waals surface area contributed by atoms with Crippen molar-refractivity contribution >= 4 is 16.9 Å². The van der Waals surface area contributed by atoms with Crippen LogP contribution in [0, 0.1) is 0 Å². The molecule has 26 heavy (non-hydrogen) atoms. The Kier molecular flexibility index (Phi) is 4.47. The molecule has 5 heteroatoms. The van der Waals surface area contributed by atoms with Crippen LogP contribution in [0.25, 0.3) is 16.7 Å². The molecule has 2 heterocycles. The van der Waals surface area contributed by atoms with E-state index in [0.29, 0.717) is 37.8 Å². The van der Waals surface area contributed by atoms with Crippen molar-refractivity contribution in [2.24, 2.45) is 0 Å². The smallest absolute Gasteiger partial charge is 0.254 e. The number of imidazole rings is 1. The maximum absolute atomic E-state index is 12.7. The lowest BCUT2D eigenvalue weighted by molar-refractivity contribution is 0.0303. The van der Waals surface area contributed by atoms with Gasteiger partial charge in [-0.2, -0.15) is 0 Å². The molecule has 0 saturated carbocycles. The molecule has 0 bridgehead atoms. The number of rotatable bonds is 3. The summed E-state index contributed by atoms with van der Waals surface area (Å²) in [6.45, 7) is 6.88. The van der Waals surface area contributed by atoms with E-state index in [0.717, 1.165) is 16.7 Å². The van der Waals surface area contributed by atoms with Crippen molar-refractivity contribution in [2.45, 2.75) is 19.8 Å². The lowest BCUT2D eigenvalue weighted by Gasteiger charge is -2.26. The number of nitrogens with zero attached hydrogens (tertiary/aromatic N) is 3. The molecule has 0 spiro atoms. The molecule has 1 fully saturated rings. The second-order valence-corrected chi connectivity index (χ2v) is 6.97. The van der Waals surface area contributed by atoms with Gasteiger partial charge in [-0.25, -0.2) is 4.98 Å². The first-order valence-corrected chi connectivity index (χ1v) is 9.08. The summed E-state index contributed by atoms with van der Waals surface area (Å²) in [7, 11) is 0. The zero-order valence-corrected chi connectivity index (χ0v) is 15.2. The number of carbonyl (C=O) groups excluding carboxylic acids is 1. The number of hydrogen-bond acceptors (Lipinski definition) is 3. The lowest BCUT2D eigenvalue weighted by atomic mass is 10.0. The van der Waals surface area contributed by atoms with Crippen LogP contribution in [0.5, 0.6) is 0 Å². The Hall–Kier alpha value is -2.66. The predicted molar refractivity (Wildman–Crippen MR) is 102 cm³/mol. The Morgan fingerprint density at radius 3 is 2.50 bits per heavy atom. The predicted octanol–water partition coefficient (Wildman–Crippen LogP) is 3.62. The molecule has 1 aliphatic rings. The summed E-state index contributed by atoms with van der Waals surface area (Å²) in [5.41, 5.74) is 4.90. The Balaban J connectivity index is 1.64. The van der Waals surface area contributed by atoms with Gasteiger partial charge >= 0.3 is 0 Å². The molecule has 3 aromatic rings. The van der Waals surface area contributed by atoms with Crippen LogP contribution in [0.15, 0.2) is 48.8 Å². The van der Waals surface area contributed by atoms with Crippen LogP contribution < -0.4 is 0 Å². The van der Waals surface area contributed by atoms with Gasteiger partial charge in [-0.15, -0.1) is 0 Å². The average Bonchev–Trinajstić information content (AvgIpc) is 3.11. The van der Waals surface area contributed by atoms with Gasteiger partial charge in [0.1, 0.15) is 6.33 Å². The van der Waals surface area contributed by atoms with Gasteiger partial charge in [-0.1, -0.05) is 26.0 Å². The molecular weight excluding hydrogens is 326 g/mol. The van der Waals surface area contributed by atoms with Crippen LogP contribution in [0.2, 0.25) is 0 Å². The number of ether oxygens (including phenoxy) is 1. The van der Waals surface area contributed by atoms with Crippen molar-refractivity contribution in [3.63, 3.8) is 0 Å². The zero-order valence-electron chi connectivity index (χ0n) is 15.2. The molecule has 1 amide bonds. The Morgan fingerprint density at radius 1 is 1.08 bits per heavy atom. The van der Waals surface area contributed by atoms with Gasteiger partial charge in [0.15, 0.2) is 0 Å². The van der Waals surface area contributed by atoms with E-state index in [2.05, 4.69) is 47.7 Å². The number of morpholine rings is 1. The maximum Gasteiger partial charge on any atom is 0.254 e. The molecule has 1 aromatic heterocycles. The number of hydrogen-bond donors (Lipinski definition) is 0. The number of amides is 1. The van der Waals surface area contributed by atoms with E-state index in [1.807, 2.05) is 29.4 Å². The first-order chi connectivity index (χ1) is 12.6. The molecule has 0 radical (unpaired) electrons. The van der Waals surface area contributed by atoms with Gasteiger partial charge in [0.05, 0.1) is 24.2 Å². The van der Waals surface area contributed by atoms with Crippen molar-refractivity contribution in [3.8, 4) is 5.69 Å². The summed E-state index contributed by atoms with van der Waals surface area (Å²) in [6, 6.07) is 14.3. The van der Waals surface area contributed by atoms with Crippen LogP contribution in [0.4, 0.5) is 0 Å². The highest BCUT2D eigenvalue weighted by Gasteiger charge is 2.19. The molecule has 5 nitrogen and oxygen atoms in total. The maximum atomic E-state index is 12.7. The summed E-state index contributed by atoms with van der Waals surface area (Å²) < 4.78 is 7.38. The third-order valence-electron chi connectivity index (χ3n) is 4.93. The van der Waals surface area contributed by atoms with Crippen LogP contribution >= 0.6 is 0 Å². The van der Waals surface area contributed by atoms with Crippen LogP contribution in [-0.4, -0.2) is 46.7 Å². The third-order valence-corrected chi connectivity index (χ3v) is 4.93. The number of aromatic nitrogens is 2. The highest BCUT2D eigenvalue weighted by atomic mass is 16.5. The van der Waals surface area contributed by atoms with Crippen molar-refractivity contribution < 1.29 is 9.53 Å². The Morgan fingerprint density at radius 2 is 1.81 bits per heavy atom. The first-order valence-electron chi connectivity index (χ1n) is 9.08. The van der Waals surface area contributed by atoms with Gasteiger partial charge in [0, 0.05) is 24.3 Å². The monoisotopic (exact) mass is 349 g/mol. The molecule has 0 atom stereocenters. The number of fused-ring (bicyclic) bond motifs is 1. The summed E-state index contributed by atoms with van der Waals surface area (Å²) >= 11 is 0. The van der Waals surface area contributed by atoms with E-state index in [1.54, 1.807) is 0 Å². The van der Waals surface area contributed by atoms with Crippen molar-refractivity contribution in [1.29, 1.82) is 0 Å². The Bertz CT molecular complexity index is 922. The fraction of sp³-hybridized carbons (Fsp3) is 0.333. The summed E-state index contributed by atoms with van der Waals surface area (Å²) in [6.07, 6.45) is 1.82. The van der Waals surface area contributed by atoms with Crippen molar-refractivity contribution in [2.75, 3.05) is 26.3 Å². The molecule has 0 N–H and O–H groups in total. The minimum Gasteiger partial charge on any atom is -0.378 e. The van der Waals surface area contributed by atoms with Gasteiger partial charge in [0.2, 0.25) is 0 Å². The van der Waals surface area contributed by atoms with Crippen molar-refractivity contribution in [3.05, 3.63) is 59.9 Å². The molecule has 4 rings (SSSR count). The van der Waals surface area contributed by atoms with E-state index < -0.39 is 0 Å². The summed E-state index contributed by atoms with van der Waals surface area (Å²) in [5.74, 6) is 0.559. The van der Waals surface area contributed by atoms with Gasteiger partial charge in [-0.3, -0.25) is 9.36 Å². The van der Waals surface area contributed by atoms with Crippen molar-refractivity contribution in [1.82, 2.24) is 14.5 Å². The fourth-order valence-electron chi connectivity index (χ4n) is 3.32. The van der Waals surface area contributed by atoms with Gasteiger partial charge in [-0.05, 0) is 41.8 Å². The molecule has 134 valence electrons. The molecule has 2 aromatic carbocycles. The molecule has 0 aliphatic carbocycles. The first kappa shape index (κ1) is 16.8. The van der Waals surface area contributed by atoms with E-state index in [4.69, 9.17) is 4.74 Å². The number of carbonyl (C=O) groups is 1. The molecule has 0 unspecified atom stereocenters. The second kappa shape index (κ2) is 6.92. The summed E-state index contributed by atoms with van der Waals surface area (Å²) in [4.78, 5) is 19.0. The molecule has 1 aliphatic heterocycles. The molecule has 1 saturated heterocycles. The number of benzene rings is 2. The van der Waals surface area contributed by atoms with E-state index in [9.17, 15) is 4.79 Å². The van der Waals surface area contributed by atoms with Gasteiger partial charge in [0.25, 0.3) is 5.91 Å². The Labute approximate surface area is 153 Å². The standard InChI is InChI=1S/C21H23N3O2/c1-15(2)16-3-6-18(7-4-16)24-14-22-19-13-17(5-8-20(19)24)21(25)23-9-11-26-12-10-23/h3-8,13-15H,9-12H2,1-2H3. The van der Waals surface area contributed by atoms with Crippen LogP contribution in [-0.2, 0) is 4.74 Å². The normalized spacial score (nSPS) is 15.0. The van der Waals surface area contributed by atoms with Crippen LogP contribution in [0.3, 0.4) is 0 Å². The quantitative estimate of drug-likeness (QED) is 0.725. The largest absolute Gasteiger partial charge is 0.378 e. The van der Waals surface area contributed by atoms with E-state index >= 15 is 0 Å². The SMILES string of the molecule is CC(C)c1ccc(-n2cnc3cc(C(=O)N4CCOCC4)ccc32)cc1.